The number of nitrogens with one attached hydrogen (secondary N) is 2. The molecule has 2 saturated heterocycles. The van der Waals surface area contributed by atoms with Gasteiger partial charge in [-0.3, -0.25) is 9.69 Å². The summed E-state index contributed by atoms with van der Waals surface area (Å²) >= 11 is 1.82. The Hall–Kier alpha value is -1.60. The number of urea groups is 1. The Morgan fingerprint density at radius 1 is 1.36 bits per heavy atom. The second-order valence-electron chi connectivity index (χ2n) is 7.70. The number of hydrogen-bond donors (Lipinski definition) is 2. The number of thiophene rings is 1. The lowest BCUT2D eigenvalue weighted by atomic mass is 9.86. The van der Waals surface area contributed by atoms with Gasteiger partial charge in [0, 0.05) is 66.9 Å². The molecule has 0 radical (unpaired) electrons. The molecule has 6 nitrogen and oxygen atoms in total. The number of hydrogen-bond acceptors (Lipinski definition) is 4. The molecule has 1 spiro atoms. The normalized spacial score (nSPS) is 24.6. The second kappa shape index (κ2) is 7.33. The van der Waals surface area contributed by atoms with Gasteiger partial charge in [0.15, 0.2) is 0 Å². The van der Waals surface area contributed by atoms with E-state index in [-0.39, 0.29) is 23.4 Å². The Labute approximate surface area is 153 Å². The summed E-state index contributed by atoms with van der Waals surface area (Å²) in [6.07, 6.45) is 0.498. The van der Waals surface area contributed by atoms with Crippen molar-refractivity contribution < 1.29 is 9.59 Å². The average molecular weight is 365 g/mol. The molecule has 1 atom stereocenters. The molecule has 0 aliphatic carbocycles. The molecule has 1 unspecified atom stereocenters. The maximum absolute atomic E-state index is 12.5. The second-order valence-corrected chi connectivity index (χ2v) is 9.07. The molecule has 138 valence electrons. The summed E-state index contributed by atoms with van der Waals surface area (Å²) in [5, 5.41) is 5.97. The number of rotatable bonds is 3. The Kier molecular flexibility index (Phi) is 5.34. The third-order valence-corrected chi connectivity index (χ3v) is 5.83. The Bertz CT molecular complexity index is 645. The molecule has 3 rings (SSSR count). The Balaban J connectivity index is 1.75. The Morgan fingerprint density at radius 2 is 2.16 bits per heavy atom. The largest absolute Gasteiger partial charge is 0.355 e. The van der Waals surface area contributed by atoms with Crippen LogP contribution in [0.3, 0.4) is 0 Å². The van der Waals surface area contributed by atoms with Gasteiger partial charge in [-0.25, -0.2) is 4.79 Å². The van der Waals surface area contributed by atoms with E-state index in [1.807, 2.05) is 30.1 Å². The summed E-state index contributed by atoms with van der Waals surface area (Å²) in [5.41, 5.74) is -0.186. The van der Waals surface area contributed by atoms with Crippen LogP contribution in [-0.2, 0) is 11.3 Å². The number of aryl methyl sites for hydroxylation is 1. The van der Waals surface area contributed by atoms with Crippen molar-refractivity contribution in [3.05, 3.63) is 21.9 Å². The predicted molar refractivity (Wildman–Crippen MR) is 99.6 cm³/mol. The number of amides is 3. The summed E-state index contributed by atoms with van der Waals surface area (Å²) in [6, 6.07) is 4.41. The fourth-order valence-corrected chi connectivity index (χ4v) is 4.69. The maximum atomic E-state index is 12.5. The monoisotopic (exact) mass is 364 g/mol. The molecule has 25 heavy (non-hydrogen) atoms. The zero-order valence-corrected chi connectivity index (χ0v) is 16.1. The van der Waals surface area contributed by atoms with Gasteiger partial charge in [-0.15, -0.1) is 11.3 Å². The highest BCUT2D eigenvalue weighted by Crippen LogP contribution is 2.32. The van der Waals surface area contributed by atoms with Gasteiger partial charge in [0.1, 0.15) is 0 Å². The highest BCUT2D eigenvalue weighted by Gasteiger charge is 2.43. The van der Waals surface area contributed by atoms with Crippen LogP contribution in [0.4, 0.5) is 4.79 Å². The van der Waals surface area contributed by atoms with Crippen molar-refractivity contribution in [2.75, 3.05) is 32.7 Å². The first-order chi connectivity index (χ1) is 11.8. The van der Waals surface area contributed by atoms with Crippen LogP contribution in [-0.4, -0.2) is 60.5 Å². The van der Waals surface area contributed by atoms with E-state index < -0.39 is 0 Å². The van der Waals surface area contributed by atoms with E-state index in [0.717, 1.165) is 19.6 Å². The number of carbonyl (C=O) groups is 2. The third-order valence-electron chi connectivity index (χ3n) is 4.84. The number of nitrogens with zero attached hydrogens (tertiary/aromatic N) is 2. The van der Waals surface area contributed by atoms with Gasteiger partial charge in [-0.05, 0) is 32.9 Å². The molecule has 0 bridgehead atoms. The molecule has 1 aromatic rings. The highest BCUT2D eigenvalue weighted by molar-refractivity contribution is 7.11. The van der Waals surface area contributed by atoms with E-state index in [9.17, 15) is 9.59 Å². The van der Waals surface area contributed by atoms with Crippen LogP contribution >= 0.6 is 11.3 Å². The Morgan fingerprint density at radius 3 is 2.76 bits per heavy atom. The first-order valence-corrected chi connectivity index (χ1v) is 9.77. The van der Waals surface area contributed by atoms with Gasteiger partial charge in [-0.1, -0.05) is 0 Å². The average Bonchev–Trinajstić information content (AvgIpc) is 3.02. The van der Waals surface area contributed by atoms with Crippen molar-refractivity contribution in [1.29, 1.82) is 0 Å². The number of carbonyl (C=O) groups excluding carboxylic acids is 2. The molecule has 7 heteroatoms. The lowest BCUT2D eigenvalue weighted by Gasteiger charge is -2.33. The van der Waals surface area contributed by atoms with E-state index in [1.165, 1.54) is 9.75 Å². The van der Waals surface area contributed by atoms with Gasteiger partial charge in [-0.2, -0.15) is 0 Å². The molecular formula is C18H28N4O2S. The van der Waals surface area contributed by atoms with Gasteiger partial charge in [0.2, 0.25) is 5.91 Å². The van der Waals surface area contributed by atoms with Crippen LogP contribution < -0.4 is 10.6 Å². The molecule has 2 aliphatic heterocycles. The fourth-order valence-electron chi connectivity index (χ4n) is 3.76. The third kappa shape index (κ3) is 4.52. The van der Waals surface area contributed by atoms with Gasteiger partial charge in [0.05, 0.1) is 0 Å². The minimum atomic E-state index is -0.186. The first-order valence-electron chi connectivity index (χ1n) is 8.95. The van der Waals surface area contributed by atoms with Crippen LogP contribution in [0.2, 0.25) is 0 Å². The van der Waals surface area contributed by atoms with Crippen molar-refractivity contribution >= 4 is 23.3 Å². The van der Waals surface area contributed by atoms with Crippen LogP contribution in [0, 0.1) is 12.3 Å². The van der Waals surface area contributed by atoms with Crippen LogP contribution in [0.15, 0.2) is 12.1 Å². The summed E-state index contributed by atoms with van der Waals surface area (Å²) in [5.74, 6) is 0.0954. The lowest BCUT2D eigenvalue weighted by molar-refractivity contribution is -0.119. The highest BCUT2D eigenvalue weighted by atomic mass is 32.1. The summed E-state index contributed by atoms with van der Waals surface area (Å²) in [7, 11) is 0. The SMILES string of the molecule is Cc1ccc(CN2CCN(C(=O)NC(C)C)CC3(CNC(=O)C3)C2)s1. The molecule has 0 saturated carbocycles. The maximum Gasteiger partial charge on any atom is 0.317 e. The minimum Gasteiger partial charge on any atom is -0.355 e. The topological polar surface area (TPSA) is 64.7 Å². The quantitative estimate of drug-likeness (QED) is 0.860. The van der Waals surface area contributed by atoms with Gasteiger partial charge >= 0.3 is 6.03 Å². The van der Waals surface area contributed by atoms with E-state index in [4.69, 9.17) is 0 Å². The van der Waals surface area contributed by atoms with Gasteiger partial charge in [0.25, 0.3) is 0 Å². The van der Waals surface area contributed by atoms with E-state index >= 15 is 0 Å². The van der Waals surface area contributed by atoms with E-state index in [2.05, 4.69) is 34.6 Å². The summed E-state index contributed by atoms with van der Waals surface area (Å²) in [6.45, 7) is 10.6. The van der Waals surface area contributed by atoms with E-state index in [1.54, 1.807) is 0 Å². The van der Waals surface area contributed by atoms with Crippen molar-refractivity contribution in [2.24, 2.45) is 5.41 Å². The summed E-state index contributed by atoms with van der Waals surface area (Å²) in [4.78, 5) is 31.4. The lowest BCUT2D eigenvalue weighted by Crippen LogP contribution is -2.48. The molecule has 2 N–H and O–H groups in total. The molecule has 2 aliphatic rings. The fraction of sp³-hybridized carbons (Fsp3) is 0.667. The summed E-state index contributed by atoms with van der Waals surface area (Å²) < 4.78 is 0. The molecule has 3 amide bonds. The molecule has 3 heterocycles. The van der Waals surface area contributed by atoms with E-state index in [0.29, 0.717) is 26.1 Å². The van der Waals surface area contributed by atoms with Crippen molar-refractivity contribution in [3.63, 3.8) is 0 Å². The zero-order chi connectivity index (χ0) is 18.0. The molecule has 0 aromatic carbocycles. The smallest absolute Gasteiger partial charge is 0.317 e. The van der Waals surface area contributed by atoms with Crippen LogP contribution in [0.5, 0.6) is 0 Å². The standard InChI is InChI=1S/C18H28N4O2S/c1-13(2)20-17(24)22-7-6-21(9-15-5-4-14(3)25-15)11-18(12-22)8-16(23)19-10-18/h4-5,13H,6-12H2,1-3H3,(H,19,23)(H,20,24). The first kappa shape index (κ1) is 18.2. The zero-order valence-electron chi connectivity index (χ0n) is 15.3. The molecule has 2 fully saturated rings. The van der Waals surface area contributed by atoms with Crippen LogP contribution in [0.1, 0.15) is 30.0 Å². The van der Waals surface area contributed by atoms with Crippen molar-refractivity contribution in [3.8, 4) is 0 Å². The molecular weight excluding hydrogens is 336 g/mol. The predicted octanol–water partition coefficient (Wildman–Crippen LogP) is 1.80. The van der Waals surface area contributed by atoms with Crippen molar-refractivity contribution in [2.45, 2.75) is 39.8 Å². The van der Waals surface area contributed by atoms with Gasteiger partial charge < -0.3 is 15.5 Å². The minimum absolute atomic E-state index is 0.0254. The van der Waals surface area contributed by atoms with Crippen molar-refractivity contribution in [1.82, 2.24) is 20.4 Å². The molecule has 1 aromatic heterocycles. The van der Waals surface area contributed by atoms with Crippen LogP contribution in [0.25, 0.3) is 0 Å².